The lowest BCUT2D eigenvalue weighted by atomic mass is 10.1. The molecule has 1 atom stereocenters. The summed E-state index contributed by atoms with van der Waals surface area (Å²) in [6.07, 6.45) is -0.375. The van der Waals surface area contributed by atoms with E-state index < -0.39 is 11.9 Å². The zero-order chi connectivity index (χ0) is 14.5. The molecule has 1 aliphatic heterocycles. The van der Waals surface area contributed by atoms with Crippen LogP contribution < -0.4 is 5.32 Å². The fraction of sp³-hybridized carbons (Fsp3) is 0.455. The summed E-state index contributed by atoms with van der Waals surface area (Å²) >= 11 is 2.99. The molecule has 1 aliphatic rings. The van der Waals surface area contributed by atoms with E-state index in [2.05, 4.69) is 31.4 Å². The Balaban J connectivity index is 2.09. The number of nitrogens with zero attached hydrogens (tertiary/aromatic N) is 4. The molecular weight excluding hydrogens is 339 g/mol. The Morgan fingerprint density at radius 2 is 2.20 bits per heavy atom. The summed E-state index contributed by atoms with van der Waals surface area (Å²) < 4.78 is 41.7. The van der Waals surface area contributed by atoms with Crippen LogP contribution >= 0.6 is 15.9 Å². The van der Waals surface area contributed by atoms with Crippen LogP contribution in [0.5, 0.6) is 0 Å². The van der Waals surface area contributed by atoms with Gasteiger partial charge in [-0.05, 0) is 22.4 Å². The first-order valence-electron chi connectivity index (χ1n) is 5.95. The van der Waals surface area contributed by atoms with E-state index >= 15 is 0 Å². The quantitative estimate of drug-likeness (QED) is 0.861. The molecule has 2 aromatic rings. The first-order valence-corrected chi connectivity index (χ1v) is 6.75. The van der Waals surface area contributed by atoms with Gasteiger partial charge in [-0.1, -0.05) is 0 Å². The predicted molar refractivity (Wildman–Crippen MR) is 69.4 cm³/mol. The zero-order valence-corrected chi connectivity index (χ0v) is 12.0. The number of fused-ring (bicyclic) bond motifs is 1. The third-order valence-corrected chi connectivity index (χ3v) is 3.99. The third-order valence-electron chi connectivity index (χ3n) is 3.24. The molecule has 0 saturated carbocycles. The van der Waals surface area contributed by atoms with Crippen molar-refractivity contribution in [3.8, 4) is 0 Å². The number of nitrogens with one attached hydrogen (secondary N) is 1. The summed E-state index contributed by atoms with van der Waals surface area (Å²) in [5.41, 5.74) is -0.0604. The fourth-order valence-electron chi connectivity index (χ4n) is 2.35. The topological polar surface area (TPSA) is 47.7 Å². The highest BCUT2D eigenvalue weighted by Crippen LogP contribution is 2.41. The number of alkyl halides is 3. The Labute approximate surface area is 120 Å². The molecule has 0 aliphatic carbocycles. The Kier molecular flexibility index (Phi) is 3.03. The van der Waals surface area contributed by atoms with E-state index in [0.717, 1.165) is 5.56 Å². The van der Waals surface area contributed by atoms with E-state index in [1.165, 1.54) is 4.68 Å². The van der Waals surface area contributed by atoms with Gasteiger partial charge in [0.25, 0.3) is 0 Å². The lowest BCUT2D eigenvalue weighted by molar-refractivity contribution is -0.142. The predicted octanol–water partition coefficient (Wildman–Crippen LogP) is 2.80. The summed E-state index contributed by atoms with van der Waals surface area (Å²) in [6.45, 7) is 0.584. The van der Waals surface area contributed by atoms with Crippen LogP contribution in [0.4, 0.5) is 19.0 Å². The molecule has 5 nitrogen and oxygen atoms in total. The number of aryl methyl sites for hydroxylation is 1. The van der Waals surface area contributed by atoms with Gasteiger partial charge in [-0.15, -0.1) is 0 Å². The van der Waals surface area contributed by atoms with Crippen molar-refractivity contribution in [3.63, 3.8) is 0 Å². The first kappa shape index (κ1) is 13.5. The molecule has 1 unspecified atom stereocenters. The van der Waals surface area contributed by atoms with Crippen LogP contribution in [-0.4, -0.2) is 26.1 Å². The van der Waals surface area contributed by atoms with Gasteiger partial charge in [-0.2, -0.15) is 23.4 Å². The SMILES string of the molecule is Cn1cc(C2CCNc3c(Br)c(C(F)(F)F)nn32)cn1. The molecule has 0 bridgehead atoms. The minimum atomic E-state index is -4.48. The maximum atomic E-state index is 12.9. The number of hydrogen-bond donors (Lipinski definition) is 1. The van der Waals surface area contributed by atoms with Crippen LogP contribution in [0.2, 0.25) is 0 Å². The molecule has 0 fully saturated rings. The van der Waals surface area contributed by atoms with Gasteiger partial charge in [0.1, 0.15) is 5.82 Å². The van der Waals surface area contributed by atoms with Gasteiger partial charge in [0.15, 0.2) is 5.69 Å². The minimum Gasteiger partial charge on any atom is -0.369 e. The van der Waals surface area contributed by atoms with E-state index in [1.54, 1.807) is 24.1 Å². The molecule has 0 spiro atoms. The molecule has 9 heteroatoms. The Morgan fingerprint density at radius 3 is 2.80 bits per heavy atom. The van der Waals surface area contributed by atoms with Gasteiger partial charge in [0.05, 0.1) is 16.7 Å². The zero-order valence-electron chi connectivity index (χ0n) is 10.4. The van der Waals surface area contributed by atoms with E-state index in [9.17, 15) is 13.2 Å². The Hall–Kier alpha value is -1.51. The van der Waals surface area contributed by atoms with Crippen LogP contribution in [0, 0.1) is 0 Å². The molecule has 0 aromatic carbocycles. The smallest absolute Gasteiger partial charge is 0.369 e. The van der Waals surface area contributed by atoms with Crippen molar-refractivity contribution >= 4 is 21.7 Å². The van der Waals surface area contributed by atoms with Crippen molar-refractivity contribution in [2.45, 2.75) is 18.6 Å². The highest BCUT2D eigenvalue weighted by atomic mass is 79.9. The van der Waals surface area contributed by atoms with E-state index in [-0.39, 0.29) is 10.5 Å². The van der Waals surface area contributed by atoms with Crippen LogP contribution in [0.1, 0.15) is 23.7 Å². The number of anilines is 1. The van der Waals surface area contributed by atoms with Crippen LogP contribution in [0.3, 0.4) is 0 Å². The molecule has 0 radical (unpaired) electrons. The van der Waals surface area contributed by atoms with Crippen molar-refractivity contribution in [1.29, 1.82) is 0 Å². The monoisotopic (exact) mass is 349 g/mol. The lowest BCUT2D eigenvalue weighted by Gasteiger charge is -2.24. The van der Waals surface area contributed by atoms with Crippen molar-refractivity contribution in [3.05, 3.63) is 28.1 Å². The molecule has 20 heavy (non-hydrogen) atoms. The average Bonchev–Trinajstić information content (AvgIpc) is 2.93. The summed E-state index contributed by atoms with van der Waals surface area (Å²) in [6, 6.07) is -0.243. The van der Waals surface area contributed by atoms with Gasteiger partial charge in [-0.3, -0.25) is 4.68 Å². The van der Waals surface area contributed by atoms with Crippen molar-refractivity contribution in [2.75, 3.05) is 11.9 Å². The number of hydrogen-bond acceptors (Lipinski definition) is 3. The minimum absolute atomic E-state index is 0.0430. The van der Waals surface area contributed by atoms with E-state index in [4.69, 9.17) is 0 Å². The van der Waals surface area contributed by atoms with E-state index in [0.29, 0.717) is 18.8 Å². The van der Waals surface area contributed by atoms with Crippen LogP contribution in [0.25, 0.3) is 0 Å². The molecule has 3 heterocycles. The second-order valence-corrected chi connectivity index (χ2v) is 5.43. The van der Waals surface area contributed by atoms with Crippen molar-refractivity contribution < 1.29 is 13.2 Å². The molecule has 1 N–H and O–H groups in total. The van der Waals surface area contributed by atoms with Crippen LogP contribution in [0.15, 0.2) is 16.9 Å². The van der Waals surface area contributed by atoms with E-state index in [1.807, 2.05) is 0 Å². The second kappa shape index (κ2) is 4.51. The summed E-state index contributed by atoms with van der Waals surface area (Å²) in [4.78, 5) is 0. The van der Waals surface area contributed by atoms with Gasteiger partial charge in [-0.25, -0.2) is 4.68 Å². The largest absolute Gasteiger partial charge is 0.436 e. The Morgan fingerprint density at radius 1 is 1.45 bits per heavy atom. The lowest BCUT2D eigenvalue weighted by Crippen LogP contribution is -2.24. The summed E-state index contributed by atoms with van der Waals surface area (Å²) in [5, 5.41) is 10.8. The molecular formula is C11H11BrF3N5. The standard InChI is InChI=1S/C11H11BrF3N5/c1-19-5-6(4-17-19)7-2-3-16-10-8(12)9(11(13,14)15)18-20(7)10/h4-5,7,16H,2-3H2,1H3. The van der Waals surface area contributed by atoms with Gasteiger partial charge < -0.3 is 5.32 Å². The highest BCUT2D eigenvalue weighted by molar-refractivity contribution is 9.10. The molecule has 2 aromatic heterocycles. The fourth-order valence-corrected chi connectivity index (χ4v) is 2.98. The maximum absolute atomic E-state index is 12.9. The van der Waals surface area contributed by atoms with Gasteiger partial charge in [0, 0.05) is 25.4 Å². The Bertz CT molecular complexity index is 645. The number of rotatable bonds is 1. The number of aromatic nitrogens is 4. The van der Waals surface area contributed by atoms with Crippen molar-refractivity contribution in [1.82, 2.24) is 19.6 Å². The maximum Gasteiger partial charge on any atom is 0.436 e. The third kappa shape index (κ3) is 2.09. The van der Waals surface area contributed by atoms with Crippen LogP contribution in [-0.2, 0) is 13.2 Å². The second-order valence-electron chi connectivity index (χ2n) is 4.63. The molecule has 3 rings (SSSR count). The average molecular weight is 350 g/mol. The van der Waals surface area contributed by atoms with Gasteiger partial charge >= 0.3 is 6.18 Å². The summed E-state index contributed by atoms with van der Waals surface area (Å²) in [7, 11) is 1.77. The highest BCUT2D eigenvalue weighted by Gasteiger charge is 2.40. The number of halogens is 4. The normalized spacial score (nSPS) is 18.8. The molecule has 0 saturated heterocycles. The molecule has 108 valence electrons. The summed E-state index contributed by atoms with van der Waals surface area (Å²) in [5.74, 6) is 0.359. The van der Waals surface area contributed by atoms with Crippen molar-refractivity contribution in [2.24, 2.45) is 7.05 Å². The first-order chi connectivity index (χ1) is 9.38. The van der Waals surface area contributed by atoms with Gasteiger partial charge in [0.2, 0.25) is 0 Å². The molecule has 0 amide bonds.